The highest BCUT2D eigenvalue weighted by atomic mass is 35.5. The Balaban J connectivity index is 4.53. The Bertz CT molecular complexity index is 237. The molecule has 0 saturated heterocycles. The normalized spacial score (nSPS) is 13.2. The lowest BCUT2D eigenvalue weighted by Gasteiger charge is -2.27. The van der Waals surface area contributed by atoms with Gasteiger partial charge in [-0.15, -0.1) is 0 Å². The van der Waals surface area contributed by atoms with Gasteiger partial charge in [0.1, 0.15) is 4.49 Å². The van der Waals surface area contributed by atoms with Gasteiger partial charge in [0.05, 0.1) is 13.0 Å². The smallest absolute Gasteiger partial charge is 0.306 e. The maximum Gasteiger partial charge on any atom is 0.306 e. The summed E-state index contributed by atoms with van der Waals surface area (Å²) in [7, 11) is 0. The minimum absolute atomic E-state index is 0.0125. The summed E-state index contributed by atoms with van der Waals surface area (Å²) in [5.41, 5.74) is -0.0677. The molecule has 2 nitrogen and oxygen atoms in total. The summed E-state index contributed by atoms with van der Waals surface area (Å²) in [4.78, 5) is 11.3. The Morgan fingerprint density at radius 1 is 1.40 bits per heavy atom. The molecule has 0 aliphatic heterocycles. The molecule has 0 spiro atoms. The van der Waals surface area contributed by atoms with Crippen molar-refractivity contribution < 1.29 is 9.53 Å². The lowest BCUT2D eigenvalue weighted by molar-refractivity contribution is -0.144. The summed E-state index contributed by atoms with van der Waals surface area (Å²) in [6, 6.07) is 0. The molecule has 1 unspecified atom stereocenters. The van der Waals surface area contributed by atoms with Crippen LogP contribution in [0.3, 0.4) is 0 Å². The standard InChI is InChI=1S/C11H18Cl2O2/c1-5-15-10(14)7-8(6-9(12)13)11(2,3)4/h6,8H,5,7H2,1-4H3. The van der Waals surface area contributed by atoms with Crippen molar-refractivity contribution in [3.63, 3.8) is 0 Å². The average Bonchev–Trinajstić information content (AvgIpc) is 2.00. The molecule has 0 bridgehead atoms. The Hall–Kier alpha value is -0.210. The van der Waals surface area contributed by atoms with Crippen molar-refractivity contribution in [2.45, 2.75) is 34.1 Å². The highest BCUT2D eigenvalue weighted by Gasteiger charge is 2.26. The summed E-state index contributed by atoms with van der Waals surface area (Å²) in [6.45, 7) is 8.28. The van der Waals surface area contributed by atoms with Gasteiger partial charge in [0.2, 0.25) is 0 Å². The molecule has 4 heteroatoms. The van der Waals surface area contributed by atoms with Crippen LogP contribution >= 0.6 is 23.2 Å². The first-order valence-electron chi connectivity index (χ1n) is 4.95. The molecule has 0 saturated carbocycles. The zero-order chi connectivity index (χ0) is 12.1. The van der Waals surface area contributed by atoms with E-state index in [0.717, 1.165) is 0 Å². The number of halogens is 2. The van der Waals surface area contributed by atoms with Crippen LogP contribution in [0.25, 0.3) is 0 Å². The number of ether oxygens (including phenoxy) is 1. The van der Waals surface area contributed by atoms with Crippen LogP contribution in [0.5, 0.6) is 0 Å². The molecule has 0 heterocycles. The maximum atomic E-state index is 11.3. The third kappa shape index (κ3) is 6.80. The van der Waals surface area contributed by atoms with Gasteiger partial charge < -0.3 is 4.74 Å². The topological polar surface area (TPSA) is 26.3 Å². The predicted octanol–water partition coefficient (Wildman–Crippen LogP) is 3.92. The molecule has 88 valence electrons. The lowest BCUT2D eigenvalue weighted by atomic mass is 9.79. The number of hydrogen-bond acceptors (Lipinski definition) is 2. The molecule has 15 heavy (non-hydrogen) atoms. The number of rotatable bonds is 4. The van der Waals surface area contributed by atoms with Crippen LogP contribution in [0, 0.1) is 11.3 Å². The van der Waals surface area contributed by atoms with Crippen molar-refractivity contribution in [3.05, 3.63) is 10.6 Å². The molecular formula is C11H18Cl2O2. The molecule has 0 fully saturated rings. The van der Waals surface area contributed by atoms with Gasteiger partial charge in [0, 0.05) is 0 Å². The number of hydrogen-bond donors (Lipinski definition) is 0. The van der Waals surface area contributed by atoms with Crippen LogP contribution in [0.4, 0.5) is 0 Å². The first kappa shape index (κ1) is 14.8. The molecule has 0 aromatic carbocycles. The first-order chi connectivity index (χ1) is 6.77. The Labute approximate surface area is 102 Å². The summed E-state index contributed by atoms with van der Waals surface area (Å²) >= 11 is 11.2. The van der Waals surface area contributed by atoms with Crippen molar-refractivity contribution in [1.29, 1.82) is 0 Å². The monoisotopic (exact) mass is 252 g/mol. The molecule has 0 aliphatic rings. The fraction of sp³-hybridized carbons (Fsp3) is 0.727. The Morgan fingerprint density at radius 3 is 2.27 bits per heavy atom. The molecule has 1 atom stereocenters. The number of carbonyl (C=O) groups is 1. The van der Waals surface area contributed by atoms with Gasteiger partial charge in [-0.1, -0.05) is 44.0 Å². The number of carbonyl (C=O) groups excluding carboxylic acids is 1. The van der Waals surface area contributed by atoms with Crippen molar-refractivity contribution >= 4 is 29.2 Å². The van der Waals surface area contributed by atoms with E-state index < -0.39 is 0 Å². The molecule has 0 radical (unpaired) electrons. The molecule has 0 amide bonds. The largest absolute Gasteiger partial charge is 0.466 e. The second-order valence-corrected chi connectivity index (χ2v) is 5.45. The van der Waals surface area contributed by atoms with Gasteiger partial charge in [-0.05, 0) is 24.3 Å². The summed E-state index contributed by atoms with van der Waals surface area (Å²) in [5, 5.41) is 0. The second kappa shape index (κ2) is 6.39. The van der Waals surface area contributed by atoms with Gasteiger partial charge in [-0.25, -0.2) is 0 Å². The highest BCUT2D eigenvalue weighted by molar-refractivity contribution is 6.55. The lowest BCUT2D eigenvalue weighted by Crippen LogP contribution is -2.22. The molecule has 0 aromatic rings. The van der Waals surface area contributed by atoms with Gasteiger partial charge in [0.15, 0.2) is 0 Å². The van der Waals surface area contributed by atoms with E-state index in [4.69, 9.17) is 27.9 Å². The Kier molecular flexibility index (Phi) is 6.30. The SMILES string of the molecule is CCOC(=O)CC(C=C(Cl)Cl)C(C)(C)C. The van der Waals surface area contributed by atoms with E-state index >= 15 is 0 Å². The molecule has 0 aliphatic carbocycles. The van der Waals surface area contributed by atoms with E-state index in [1.807, 2.05) is 20.8 Å². The van der Waals surface area contributed by atoms with E-state index in [9.17, 15) is 4.79 Å². The first-order valence-corrected chi connectivity index (χ1v) is 5.71. The van der Waals surface area contributed by atoms with Crippen LogP contribution in [0.2, 0.25) is 0 Å². The van der Waals surface area contributed by atoms with Crippen LogP contribution in [-0.2, 0) is 9.53 Å². The third-order valence-electron chi connectivity index (χ3n) is 2.13. The van der Waals surface area contributed by atoms with Crippen LogP contribution in [0.1, 0.15) is 34.1 Å². The number of esters is 1. The van der Waals surface area contributed by atoms with Crippen molar-refractivity contribution in [2.75, 3.05) is 6.61 Å². The van der Waals surface area contributed by atoms with Crippen molar-refractivity contribution in [2.24, 2.45) is 11.3 Å². The van der Waals surface area contributed by atoms with E-state index in [1.54, 1.807) is 13.0 Å². The minimum atomic E-state index is -0.219. The zero-order valence-corrected chi connectivity index (χ0v) is 11.2. The highest BCUT2D eigenvalue weighted by Crippen LogP contribution is 2.32. The third-order valence-corrected chi connectivity index (χ3v) is 2.38. The minimum Gasteiger partial charge on any atom is -0.466 e. The molecule has 0 aromatic heterocycles. The van der Waals surface area contributed by atoms with E-state index in [0.29, 0.717) is 13.0 Å². The van der Waals surface area contributed by atoms with Crippen molar-refractivity contribution in [3.8, 4) is 0 Å². The quantitative estimate of drug-likeness (QED) is 0.710. The molecule has 0 N–H and O–H groups in total. The van der Waals surface area contributed by atoms with Crippen LogP contribution in [-0.4, -0.2) is 12.6 Å². The summed E-state index contributed by atoms with van der Waals surface area (Å²) < 4.78 is 5.09. The zero-order valence-electron chi connectivity index (χ0n) is 9.64. The van der Waals surface area contributed by atoms with E-state index in [2.05, 4.69) is 0 Å². The average molecular weight is 253 g/mol. The van der Waals surface area contributed by atoms with Gasteiger partial charge in [0.25, 0.3) is 0 Å². The van der Waals surface area contributed by atoms with Gasteiger partial charge in [-0.3, -0.25) is 4.79 Å². The van der Waals surface area contributed by atoms with Crippen LogP contribution in [0.15, 0.2) is 10.6 Å². The van der Waals surface area contributed by atoms with Gasteiger partial charge >= 0.3 is 5.97 Å². The fourth-order valence-electron chi connectivity index (χ4n) is 1.17. The van der Waals surface area contributed by atoms with Crippen LogP contribution < -0.4 is 0 Å². The molecular weight excluding hydrogens is 235 g/mol. The predicted molar refractivity (Wildman–Crippen MR) is 64.0 cm³/mol. The summed E-state index contributed by atoms with van der Waals surface area (Å²) in [5.74, 6) is -0.232. The second-order valence-electron chi connectivity index (χ2n) is 4.44. The maximum absolute atomic E-state index is 11.3. The fourth-order valence-corrected chi connectivity index (χ4v) is 1.47. The Morgan fingerprint density at radius 2 is 1.93 bits per heavy atom. The van der Waals surface area contributed by atoms with Gasteiger partial charge in [-0.2, -0.15) is 0 Å². The molecule has 0 rings (SSSR count). The van der Waals surface area contributed by atoms with Crippen molar-refractivity contribution in [1.82, 2.24) is 0 Å². The van der Waals surface area contributed by atoms with E-state index in [1.165, 1.54) is 0 Å². The van der Waals surface area contributed by atoms with E-state index in [-0.39, 0.29) is 21.8 Å². The number of allylic oxidation sites excluding steroid dienone is 1. The summed E-state index contributed by atoms with van der Waals surface area (Å²) in [6.07, 6.45) is 2.00.